The number of hydrogen-bond donors (Lipinski definition) is 1. The summed E-state index contributed by atoms with van der Waals surface area (Å²) in [6.07, 6.45) is -4.49. The summed E-state index contributed by atoms with van der Waals surface area (Å²) in [6, 6.07) is 13.8. The zero-order valence-electron chi connectivity index (χ0n) is 16.5. The van der Waals surface area contributed by atoms with Crippen molar-refractivity contribution in [2.24, 2.45) is 7.05 Å². The van der Waals surface area contributed by atoms with E-state index in [0.717, 1.165) is 33.8 Å². The lowest BCUT2D eigenvalue weighted by molar-refractivity contribution is -0.141. The number of carbonyl (C=O) groups excluding carboxylic acids is 1. The fourth-order valence-corrected chi connectivity index (χ4v) is 3.49. The lowest BCUT2D eigenvalue weighted by Gasteiger charge is -2.06. The number of esters is 1. The minimum absolute atomic E-state index is 0.380. The number of nitrogens with zero attached hydrogens (tertiary/aromatic N) is 2. The summed E-state index contributed by atoms with van der Waals surface area (Å²) < 4.78 is 44.9. The van der Waals surface area contributed by atoms with Crippen LogP contribution >= 0.6 is 0 Å². The van der Waals surface area contributed by atoms with E-state index < -0.39 is 17.8 Å². The van der Waals surface area contributed by atoms with Crippen LogP contribution < -0.4 is 0 Å². The number of hydrogen-bond acceptors (Lipinski definition) is 3. The van der Waals surface area contributed by atoms with E-state index >= 15 is 0 Å². The molecule has 5 nitrogen and oxygen atoms in total. The van der Waals surface area contributed by atoms with Crippen LogP contribution in [0.1, 0.15) is 21.6 Å². The molecule has 0 saturated heterocycles. The first-order valence-electron chi connectivity index (χ1n) is 9.11. The van der Waals surface area contributed by atoms with E-state index in [4.69, 9.17) is 4.74 Å². The second-order valence-electron chi connectivity index (χ2n) is 7.04. The van der Waals surface area contributed by atoms with Crippen molar-refractivity contribution in [3.05, 3.63) is 65.4 Å². The zero-order chi connectivity index (χ0) is 21.6. The van der Waals surface area contributed by atoms with Crippen LogP contribution in [0, 0.1) is 6.92 Å². The molecular weight excluding hydrogens is 395 g/mol. The number of nitrogens with one attached hydrogen (secondary N) is 1. The predicted octanol–water partition coefficient (Wildman–Crippen LogP) is 5.35. The Morgan fingerprint density at radius 1 is 1.07 bits per heavy atom. The molecule has 0 bridgehead atoms. The first kappa shape index (κ1) is 19.8. The number of methoxy groups -OCH3 is 1. The van der Waals surface area contributed by atoms with Crippen LogP contribution in [0.4, 0.5) is 13.2 Å². The highest BCUT2D eigenvalue weighted by atomic mass is 19.4. The van der Waals surface area contributed by atoms with Gasteiger partial charge in [-0.3, -0.25) is 4.68 Å². The third-order valence-corrected chi connectivity index (χ3v) is 5.03. The highest BCUT2D eigenvalue weighted by Crippen LogP contribution is 2.33. The van der Waals surface area contributed by atoms with Crippen LogP contribution in [0.2, 0.25) is 0 Å². The number of benzene rings is 2. The average molecular weight is 413 g/mol. The van der Waals surface area contributed by atoms with Crippen molar-refractivity contribution in [2.75, 3.05) is 7.11 Å². The Morgan fingerprint density at radius 2 is 1.80 bits per heavy atom. The lowest BCUT2D eigenvalue weighted by Crippen LogP contribution is -2.06. The summed E-state index contributed by atoms with van der Waals surface area (Å²) in [6.45, 7) is 1.83. The van der Waals surface area contributed by atoms with Gasteiger partial charge in [-0.25, -0.2) is 4.79 Å². The molecule has 2 aromatic heterocycles. The Balaban J connectivity index is 1.73. The monoisotopic (exact) mass is 413 g/mol. The first-order chi connectivity index (χ1) is 14.2. The maximum atomic E-state index is 13.0. The number of ether oxygens (including phenoxy) is 1. The van der Waals surface area contributed by atoms with Crippen molar-refractivity contribution in [1.82, 2.24) is 14.8 Å². The van der Waals surface area contributed by atoms with Crippen molar-refractivity contribution in [2.45, 2.75) is 13.1 Å². The van der Waals surface area contributed by atoms with E-state index in [2.05, 4.69) is 10.1 Å². The molecule has 8 heteroatoms. The molecule has 1 N–H and O–H groups in total. The molecule has 2 heterocycles. The second-order valence-corrected chi connectivity index (χ2v) is 7.04. The van der Waals surface area contributed by atoms with E-state index in [0.29, 0.717) is 16.8 Å². The molecule has 30 heavy (non-hydrogen) atoms. The van der Waals surface area contributed by atoms with Gasteiger partial charge in [-0.15, -0.1) is 0 Å². The molecule has 0 fully saturated rings. The number of alkyl halides is 3. The quantitative estimate of drug-likeness (QED) is 0.461. The molecule has 4 aromatic rings. The summed E-state index contributed by atoms with van der Waals surface area (Å²) in [5.74, 6) is -0.394. The van der Waals surface area contributed by atoms with Gasteiger partial charge in [0, 0.05) is 29.2 Å². The predicted molar refractivity (Wildman–Crippen MR) is 107 cm³/mol. The molecular formula is C22H18F3N3O2. The van der Waals surface area contributed by atoms with Crippen LogP contribution in [0.5, 0.6) is 0 Å². The summed E-state index contributed by atoms with van der Waals surface area (Å²) in [7, 11) is 2.83. The van der Waals surface area contributed by atoms with E-state index in [1.54, 1.807) is 12.1 Å². The highest BCUT2D eigenvalue weighted by Gasteiger charge is 2.34. The molecule has 0 radical (unpaired) electrons. The highest BCUT2D eigenvalue weighted by molar-refractivity contribution is 5.93. The minimum Gasteiger partial charge on any atom is -0.465 e. The van der Waals surface area contributed by atoms with Gasteiger partial charge < -0.3 is 9.72 Å². The molecule has 0 saturated carbocycles. The number of halogens is 3. The van der Waals surface area contributed by atoms with Crippen LogP contribution in [-0.2, 0) is 18.0 Å². The number of aromatic nitrogens is 3. The van der Waals surface area contributed by atoms with E-state index in [9.17, 15) is 18.0 Å². The Morgan fingerprint density at radius 3 is 2.43 bits per heavy atom. The van der Waals surface area contributed by atoms with Gasteiger partial charge in [0.1, 0.15) is 0 Å². The van der Waals surface area contributed by atoms with Crippen molar-refractivity contribution >= 4 is 16.9 Å². The van der Waals surface area contributed by atoms with Crippen LogP contribution in [-0.4, -0.2) is 27.8 Å². The molecule has 4 rings (SSSR count). The largest absolute Gasteiger partial charge is 0.465 e. The SMILES string of the molecule is COC(=O)c1ccc(-c2cc3cc(-c4cc(C(F)(F)F)nn4C)ccc3[nH]2)cc1C. The van der Waals surface area contributed by atoms with Crippen molar-refractivity contribution < 1.29 is 22.7 Å². The smallest absolute Gasteiger partial charge is 0.435 e. The average Bonchev–Trinajstić information content (AvgIpc) is 3.30. The Kier molecular flexibility index (Phi) is 4.64. The van der Waals surface area contributed by atoms with E-state index in [-0.39, 0.29) is 0 Å². The van der Waals surface area contributed by atoms with Gasteiger partial charge in [-0.1, -0.05) is 12.1 Å². The third kappa shape index (κ3) is 3.45. The summed E-state index contributed by atoms with van der Waals surface area (Å²) in [5, 5.41) is 4.43. The number of carbonyl (C=O) groups is 1. The molecule has 0 aliphatic rings. The zero-order valence-corrected chi connectivity index (χ0v) is 16.5. The van der Waals surface area contributed by atoms with Crippen molar-refractivity contribution in [3.63, 3.8) is 0 Å². The number of fused-ring (bicyclic) bond motifs is 1. The normalized spacial score (nSPS) is 11.8. The molecule has 0 unspecified atom stereocenters. The fraction of sp³-hybridized carbons (Fsp3) is 0.182. The van der Waals surface area contributed by atoms with E-state index in [1.807, 2.05) is 37.3 Å². The van der Waals surface area contributed by atoms with Crippen molar-refractivity contribution in [1.29, 1.82) is 0 Å². The number of aromatic amines is 1. The number of rotatable bonds is 3. The Labute approximate surface area is 170 Å². The molecule has 0 aliphatic carbocycles. The summed E-state index contributed by atoms with van der Waals surface area (Å²) in [4.78, 5) is 15.1. The van der Waals surface area contributed by atoms with Gasteiger partial charge in [-0.05, 0) is 54.4 Å². The van der Waals surface area contributed by atoms with Crippen LogP contribution in [0.3, 0.4) is 0 Å². The maximum Gasteiger partial charge on any atom is 0.435 e. The minimum atomic E-state index is -4.49. The standard InChI is InChI=1S/C22H18F3N3O2/c1-12-8-13(4-6-16(12)21(29)30-3)18-10-15-9-14(5-7-17(15)26-18)19-11-20(22(23,24)25)27-28(19)2/h4-11,26H,1-3H3. The number of H-pyrrole nitrogens is 1. The molecule has 154 valence electrons. The Hall–Kier alpha value is -3.55. The van der Waals surface area contributed by atoms with Gasteiger partial charge in [0.25, 0.3) is 0 Å². The van der Waals surface area contributed by atoms with Crippen LogP contribution in [0.25, 0.3) is 33.4 Å². The molecule has 0 amide bonds. The van der Waals surface area contributed by atoms with Gasteiger partial charge in [-0.2, -0.15) is 18.3 Å². The molecule has 0 atom stereocenters. The summed E-state index contributed by atoms with van der Waals surface area (Å²) >= 11 is 0. The first-order valence-corrected chi connectivity index (χ1v) is 9.11. The molecule has 2 aromatic carbocycles. The van der Waals surface area contributed by atoms with Crippen LogP contribution in [0.15, 0.2) is 48.5 Å². The van der Waals surface area contributed by atoms with E-state index in [1.165, 1.54) is 18.8 Å². The van der Waals surface area contributed by atoms with Gasteiger partial charge >= 0.3 is 12.1 Å². The molecule has 0 aliphatic heterocycles. The van der Waals surface area contributed by atoms with Gasteiger partial charge in [0.05, 0.1) is 18.4 Å². The maximum absolute atomic E-state index is 13.0. The van der Waals surface area contributed by atoms with Crippen molar-refractivity contribution in [3.8, 4) is 22.5 Å². The molecule has 0 spiro atoms. The lowest BCUT2D eigenvalue weighted by atomic mass is 10.0. The summed E-state index contributed by atoms with van der Waals surface area (Å²) in [5.41, 5.74) is 3.95. The second kappa shape index (κ2) is 7.05. The Bertz CT molecular complexity index is 1270. The third-order valence-electron chi connectivity index (χ3n) is 5.03. The topological polar surface area (TPSA) is 59.9 Å². The fourth-order valence-electron chi connectivity index (χ4n) is 3.49. The van der Waals surface area contributed by atoms with Gasteiger partial charge in [0.15, 0.2) is 5.69 Å². The van der Waals surface area contributed by atoms with Gasteiger partial charge in [0.2, 0.25) is 0 Å². The number of aryl methyl sites for hydroxylation is 2.